The second-order valence-electron chi connectivity index (χ2n) is 9.03. The van der Waals surface area contributed by atoms with Gasteiger partial charge >= 0.3 is 0 Å². The average Bonchev–Trinajstić information content (AvgIpc) is 3.37. The fourth-order valence-corrected chi connectivity index (χ4v) is 4.63. The third kappa shape index (κ3) is 4.32. The van der Waals surface area contributed by atoms with Crippen molar-refractivity contribution in [3.05, 3.63) is 53.3 Å². The van der Waals surface area contributed by atoms with Crippen molar-refractivity contribution in [3.63, 3.8) is 0 Å². The highest BCUT2D eigenvalue weighted by molar-refractivity contribution is 5.80. The first-order valence-corrected chi connectivity index (χ1v) is 10.7. The zero-order valence-electron chi connectivity index (χ0n) is 18.2. The number of aromatic nitrogens is 2. The van der Waals surface area contributed by atoms with Crippen LogP contribution < -0.4 is 5.32 Å². The molecule has 4 rings (SSSR count). The molecular weight excluding hydrogens is 360 g/mol. The molecule has 29 heavy (non-hydrogen) atoms. The number of aryl methyl sites for hydroxylation is 1. The molecular formula is C23H34N6. The minimum Gasteiger partial charge on any atom is -0.354 e. The van der Waals surface area contributed by atoms with Crippen LogP contribution in [0, 0.1) is 0 Å². The second kappa shape index (κ2) is 8.19. The fourth-order valence-electron chi connectivity index (χ4n) is 4.63. The summed E-state index contributed by atoms with van der Waals surface area (Å²) in [5.41, 5.74) is 4.36. The van der Waals surface area contributed by atoms with E-state index in [1.54, 1.807) is 0 Å². The van der Waals surface area contributed by atoms with Crippen LogP contribution in [-0.2, 0) is 20.0 Å². The number of fused-ring (bicyclic) bond motifs is 1. The molecule has 2 aromatic rings. The monoisotopic (exact) mass is 394 g/mol. The largest absolute Gasteiger partial charge is 0.354 e. The van der Waals surface area contributed by atoms with E-state index in [2.05, 4.69) is 69.5 Å². The molecule has 1 atom stereocenters. The molecule has 0 spiro atoms. The SMILES string of the molecule is CN=C(NCC(C)(C)N1CCc2ccccc2C1)N1CCC(c2cnn(C)c2)C1. The van der Waals surface area contributed by atoms with Crippen molar-refractivity contribution in [2.75, 3.05) is 33.2 Å². The number of guanidine groups is 1. The van der Waals surface area contributed by atoms with Gasteiger partial charge in [-0.05, 0) is 43.4 Å². The summed E-state index contributed by atoms with van der Waals surface area (Å²) in [7, 11) is 3.88. The van der Waals surface area contributed by atoms with Crippen LogP contribution in [-0.4, -0.2) is 64.3 Å². The van der Waals surface area contributed by atoms with Crippen molar-refractivity contribution in [1.82, 2.24) is 24.9 Å². The summed E-state index contributed by atoms with van der Waals surface area (Å²) in [4.78, 5) is 9.56. The molecule has 6 nitrogen and oxygen atoms in total. The summed E-state index contributed by atoms with van der Waals surface area (Å²) >= 11 is 0. The van der Waals surface area contributed by atoms with Gasteiger partial charge in [0.2, 0.25) is 0 Å². The molecule has 1 aromatic carbocycles. The molecule has 1 fully saturated rings. The van der Waals surface area contributed by atoms with Gasteiger partial charge in [-0.2, -0.15) is 5.10 Å². The quantitative estimate of drug-likeness (QED) is 0.640. The Morgan fingerprint density at radius 3 is 2.76 bits per heavy atom. The number of nitrogens with one attached hydrogen (secondary N) is 1. The molecule has 0 saturated carbocycles. The van der Waals surface area contributed by atoms with Gasteiger partial charge in [-0.25, -0.2) is 0 Å². The minimum absolute atomic E-state index is 0.0615. The number of aliphatic imine (C=N–C) groups is 1. The summed E-state index contributed by atoms with van der Waals surface area (Å²) in [6.07, 6.45) is 6.43. The molecule has 1 saturated heterocycles. The molecule has 1 aromatic heterocycles. The summed E-state index contributed by atoms with van der Waals surface area (Å²) in [5, 5.41) is 8.00. The summed E-state index contributed by atoms with van der Waals surface area (Å²) < 4.78 is 1.89. The van der Waals surface area contributed by atoms with E-state index in [0.29, 0.717) is 5.92 Å². The summed E-state index contributed by atoms with van der Waals surface area (Å²) in [6.45, 7) is 9.73. The maximum Gasteiger partial charge on any atom is 0.193 e. The average molecular weight is 395 g/mol. The minimum atomic E-state index is 0.0615. The van der Waals surface area contributed by atoms with E-state index < -0.39 is 0 Å². The van der Waals surface area contributed by atoms with E-state index in [1.807, 2.05) is 25.0 Å². The van der Waals surface area contributed by atoms with E-state index in [9.17, 15) is 0 Å². The molecule has 6 heteroatoms. The van der Waals surface area contributed by atoms with Gasteiger partial charge in [-0.1, -0.05) is 24.3 Å². The first-order valence-electron chi connectivity index (χ1n) is 10.7. The first kappa shape index (κ1) is 20.0. The molecule has 2 aliphatic rings. The fraction of sp³-hybridized carbons (Fsp3) is 0.565. The van der Waals surface area contributed by atoms with Crippen LogP contribution in [0.4, 0.5) is 0 Å². The Labute approximate surface area is 174 Å². The van der Waals surface area contributed by atoms with E-state index >= 15 is 0 Å². The van der Waals surface area contributed by atoms with E-state index in [0.717, 1.165) is 51.5 Å². The van der Waals surface area contributed by atoms with Crippen LogP contribution >= 0.6 is 0 Å². The van der Waals surface area contributed by atoms with Gasteiger partial charge in [0.1, 0.15) is 0 Å². The maximum absolute atomic E-state index is 4.58. The van der Waals surface area contributed by atoms with Gasteiger partial charge in [0.15, 0.2) is 5.96 Å². The van der Waals surface area contributed by atoms with Crippen molar-refractivity contribution in [2.45, 2.75) is 44.7 Å². The van der Waals surface area contributed by atoms with Gasteiger partial charge in [-0.3, -0.25) is 14.6 Å². The van der Waals surface area contributed by atoms with E-state index in [4.69, 9.17) is 0 Å². The van der Waals surface area contributed by atoms with Crippen LogP contribution in [0.5, 0.6) is 0 Å². The van der Waals surface area contributed by atoms with Crippen LogP contribution in [0.15, 0.2) is 41.7 Å². The number of hydrogen-bond donors (Lipinski definition) is 1. The summed E-state index contributed by atoms with van der Waals surface area (Å²) in [6, 6.07) is 8.85. The summed E-state index contributed by atoms with van der Waals surface area (Å²) in [5.74, 6) is 1.55. The smallest absolute Gasteiger partial charge is 0.193 e. The Balaban J connectivity index is 1.35. The topological polar surface area (TPSA) is 48.7 Å². The third-order valence-electron chi connectivity index (χ3n) is 6.56. The number of nitrogens with zero attached hydrogens (tertiary/aromatic N) is 5. The Morgan fingerprint density at radius 2 is 2.03 bits per heavy atom. The predicted octanol–water partition coefficient (Wildman–Crippen LogP) is 2.62. The zero-order chi connectivity index (χ0) is 20.4. The van der Waals surface area contributed by atoms with Crippen molar-refractivity contribution in [1.29, 1.82) is 0 Å². The Kier molecular flexibility index (Phi) is 5.63. The molecule has 3 heterocycles. The third-order valence-corrected chi connectivity index (χ3v) is 6.56. The van der Waals surface area contributed by atoms with Crippen molar-refractivity contribution >= 4 is 5.96 Å². The molecule has 1 unspecified atom stereocenters. The number of benzene rings is 1. The molecule has 1 N–H and O–H groups in total. The predicted molar refractivity (Wildman–Crippen MR) is 118 cm³/mol. The molecule has 2 aliphatic heterocycles. The van der Waals surface area contributed by atoms with Crippen LogP contribution in [0.3, 0.4) is 0 Å². The maximum atomic E-state index is 4.58. The molecule has 0 bridgehead atoms. The second-order valence-corrected chi connectivity index (χ2v) is 9.03. The van der Waals surface area contributed by atoms with Crippen molar-refractivity contribution in [2.24, 2.45) is 12.0 Å². The lowest BCUT2D eigenvalue weighted by atomic mass is 9.94. The molecule has 0 amide bonds. The van der Waals surface area contributed by atoms with Gasteiger partial charge in [0.25, 0.3) is 0 Å². The normalized spacial score (nSPS) is 20.8. The van der Waals surface area contributed by atoms with Crippen LogP contribution in [0.2, 0.25) is 0 Å². The zero-order valence-corrected chi connectivity index (χ0v) is 18.2. The highest BCUT2D eigenvalue weighted by Crippen LogP contribution is 2.27. The van der Waals surface area contributed by atoms with Gasteiger partial charge < -0.3 is 10.2 Å². The Hall–Kier alpha value is -2.34. The van der Waals surface area contributed by atoms with E-state index in [1.165, 1.54) is 16.7 Å². The standard InChI is InChI=1S/C23H34N6/c1-23(2,29-12-10-18-7-5-6-8-19(18)16-29)17-25-22(24-3)28-11-9-20(15-28)21-13-26-27(4)14-21/h5-8,13-14,20H,9-12,15-17H2,1-4H3,(H,24,25). The lowest BCUT2D eigenvalue weighted by Crippen LogP contribution is -2.55. The molecule has 0 radical (unpaired) electrons. The van der Waals surface area contributed by atoms with Crippen molar-refractivity contribution < 1.29 is 0 Å². The lowest BCUT2D eigenvalue weighted by Gasteiger charge is -2.42. The van der Waals surface area contributed by atoms with Gasteiger partial charge in [-0.15, -0.1) is 0 Å². The van der Waals surface area contributed by atoms with Crippen LogP contribution in [0.1, 0.15) is 42.9 Å². The van der Waals surface area contributed by atoms with Crippen molar-refractivity contribution in [3.8, 4) is 0 Å². The highest BCUT2D eigenvalue weighted by Gasteiger charge is 2.32. The number of rotatable bonds is 4. The lowest BCUT2D eigenvalue weighted by molar-refractivity contribution is 0.106. The highest BCUT2D eigenvalue weighted by atomic mass is 15.3. The Morgan fingerprint density at radius 1 is 1.24 bits per heavy atom. The first-order chi connectivity index (χ1) is 14.0. The molecule has 0 aliphatic carbocycles. The Bertz CT molecular complexity index is 868. The molecule has 156 valence electrons. The number of hydrogen-bond acceptors (Lipinski definition) is 3. The van der Waals surface area contributed by atoms with E-state index in [-0.39, 0.29) is 5.54 Å². The van der Waals surface area contributed by atoms with Crippen LogP contribution in [0.25, 0.3) is 0 Å². The van der Waals surface area contributed by atoms with Gasteiger partial charge in [0.05, 0.1) is 6.20 Å². The number of likely N-dealkylation sites (tertiary alicyclic amines) is 1. The van der Waals surface area contributed by atoms with Gasteiger partial charge in [0, 0.05) is 64.5 Å².